The Morgan fingerprint density at radius 1 is 1.17 bits per heavy atom. The number of hydrogen-bond acceptors (Lipinski definition) is 3. The van der Waals surface area contributed by atoms with Gasteiger partial charge in [0.2, 0.25) is 0 Å². The number of aromatic nitrogens is 1. The molecule has 0 aliphatic carbocycles. The Morgan fingerprint density at radius 3 is 2.61 bits per heavy atom. The van der Waals surface area contributed by atoms with Crippen LogP contribution in [0.1, 0.15) is 26.5 Å². The van der Waals surface area contributed by atoms with E-state index in [-0.39, 0.29) is 5.54 Å². The maximum Gasteiger partial charge on any atom is 0.119 e. The van der Waals surface area contributed by atoms with E-state index < -0.39 is 0 Å². The largest absolute Gasteiger partial charge is 0.497 e. The maximum absolute atomic E-state index is 5.20. The van der Waals surface area contributed by atoms with Crippen LogP contribution in [0.25, 0.3) is 10.9 Å². The molecule has 1 aromatic carbocycles. The van der Waals surface area contributed by atoms with Crippen molar-refractivity contribution in [3.8, 4) is 5.75 Å². The highest BCUT2D eigenvalue weighted by molar-refractivity contribution is 5.80. The topological polar surface area (TPSA) is 34.1 Å². The van der Waals surface area contributed by atoms with Gasteiger partial charge in [0.1, 0.15) is 5.75 Å². The third-order valence-corrected chi connectivity index (χ3v) is 2.75. The molecule has 0 fully saturated rings. The van der Waals surface area contributed by atoms with E-state index in [2.05, 4.69) is 43.2 Å². The Kier molecular flexibility index (Phi) is 3.53. The molecule has 0 bridgehead atoms. The van der Waals surface area contributed by atoms with Crippen LogP contribution in [0.2, 0.25) is 0 Å². The summed E-state index contributed by atoms with van der Waals surface area (Å²) in [4.78, 5) is 4.64. The van der Waals surface area contributed by atoms with Crippen molar-refractivity contribution in [3.05, 3.63) is 36.0 Å². The van der Waals surface area contributed by atoms with Crippen molar-refractivity contribution < 1.29 is 4.74 Å². The number of hydrogen-bond donors (Lipinski definition) is 1. The fourth-order valence-corrected chi connectivity index (χ4v) is 1.73. The number of nitrogens with zero attached hydrogens (tertiary/aromatic N) is 1. The Hall–Kier alpha value is -1.61. The minimum atomic E-state index is 0.108. The molecule has 2 aromatic rings. The summed E-state index contributed by atoms with van der Waals surface area (Å²) in [5.41, 5.74) is 2.17. The average molecular weight is 244 g/mol. The van der Waals surface area contributed by atoms with Gasteiger partial charge in [0, 0.05) is 17.5 Å². The van der Waals surface area contributed by atoms with Crippen LogP contribution >= 0.6 is 0 Å². The Balaban J connectivity index is 2.22. The van der Waals surface area contributed by atoms with Crippen LogP contribution in [0.5, 0.6) is 5.75 Å². The molecule has 96 valence electrons. The molecule has 0 atom stereocenters. The predicted molar refractivity (Wildman–Crippen MR) is 74.9 cm³/mol. The summed E-state index contributed by atoms with van der Waals surface area (Å²) in [6.45, 7) is 7.24. The molecule has 18 heavy (non-hydrogen) atoms. The molecule has 3 heteroatoms. The molecule has 0 amide bonds. The molecular formula is C15H20N2O. The third kappa shape index (κ3) is 3.20. The van der Waals surface area contributed by atoms with Crippen LogP contribution in [0.3, 0.4) is 0 Å². The number of rotatable bonds is 3. The third-order valence-electron chi connectivity index (χ3n) is 2.75. The van der Waals surface area contributed by atoms with Gasteiger partial charge in [0.25, 0.3) is 0 Å². The Bertz CT molecular complexity index is 544. The summed E-state index contributed by atoms with van der Waals surface area (Å²) in [6.07, 6.45) is 0. The lowest BCUT2D eigenvalue weighted by Gasteiger charge is -2.20. The van der Waals surface area contributed by atoms with E-state index in [1.807, 2.05) is 18.2 Å². The summed E-state index contributed by atoms with van der Waals surface area (Å²) in [7, 11) is 1.68. The molecule has 1 heterocycles. The molecule has 0 saturated carbocycles. The summed E-state index contributed by atoms with van der Waals surface area (Å²) in [6, 6.07) is 10.1. The lowest BCUT2D eigenvalue weighted by molar-refractivity contribution is 0.415. The van der Waals surface area contributed by atoms with Crippen LogP contribution in [0.4, 0.5) is 0 Å². The number of nitrogens with one attached hydrogen (secondary N) is 1. The fourth-order valence-electron chi connectivity index (χ4n) is 1.73. The van der Waals surface area contributed by atoms with Crippen LogP contribution in [0, 0.1) is 0 Å². The Labute approximate surface area is 108 Å². The van der Waals surface area contributed by atoms with Gasteiger partial charge in [-0.15, -0.1) is 0 Å². The molecule has 3 nitrogen and oxygen atoms in total. The van der Waals surface area contributed by atoms with Crippen molar-refractivity contribution in [3.63, 3.8) is 0 Å². The van der Waals surface area contributed by atoms with E-state index in [4.69, 9.17) is 4.74 Å². The first-order valence-electron chi connectivity index (χ1n) is 6.17. The van der Waals surface area contributed by atoms with Crippen LogP contribution < -0.4 is 10.1 Å². The maximum atomic E-state index is 5.20. The highest BCUT2D eigenvalue weighted by Gasteiger charge is 2.09. The van der Waals surface area contributed by atoms with Crippen LogP contribution in [0.15, 0.2) is 30.3 Å². The summed E-state index contributed by atoms with van der Waals surface area (Å²) in [5, 5.41) is 4.54. The second-order valence-corrected chi connectivity index (χ2v) is 5.46. The van der Waals surface area contributed by atoms with E-state index in [0.29, 0.717) is 0 Å². The SMILES string of the molecule is COc1ccc2nc(CNC(C)(C)C)ccc2c1. The van der Waals surface area contributed by atoms with Crippen LogP contribution in [-0.4, -0.2) is 17.6 Å². The van der Waals surface area contributed by atoms with Crippen molar-refractivity contribution in [2.24, 2.45) is 0 Å². The second kappa shape index (κ2) is 4.94. The van der Waals surface area contributed by atoms with Crippen molar-refractivity contribution in [2.75, 3.05) is 7.11 Å². The Morgan fingerprint density at radius 2 is 1.94 bits per heavy atom. The van der Waals surface area contributed by atoms with E-state index in [0.717, 1.165) is 28.9 Å². The van der Waals surface area contributed by atoms with Gasteiger partial charge in [-0.2, -0.15) is 0 Å². The molecule has 0 radical (unpaired) electrons. The number of benzene rings is 1. The molecule has 1 aromatic heterocycles. The zero-order chi connectivity index (χ0) is 13.2. The van der Waals surface area contributed by atoms with Crippen molar-refractivity contribution >= 4 is 10.9 Å². The summed E-state index contributed by atoms with van der Waals surface area (Å²) >= 11 is 0. The van der Waals surface area contributed by atoms with Gasteiger partial charge < -0.3 is 10.1 Å². The zero-order valence-corrected chi connectivity index (χ0v) is 11.4. The van der Waals surface area contributed by atoms with E-state index >= 15 is 0 Å². The van der Waals surface area contributed by atoms with Gasteiger partial charge in [-0.1, -0.05) is 6.07 Å². The quantitative estimate of drug-likeness (QED) is 0.900. The molecule has 2 rings (SSSR count). The first kappa shape index (κ1) is 12.8. The molecule has 0 unspecified atom stereocenters. The smallest absolute Gasteiger partial charge is 0.119 e. The minimum Gasteiger partial charge on any atom is -0.497 e. The second-order valence-electron chi connectivity index (χ2n) is 5.46. The summed E-state index contributed by atoms with van der Waals surface area (Å²) in [5.74, 6) is 0.866. The summed E-state index contributed by atoms with van der Waals surface area (Å²) < 4.78 is 5.20. The molecule has 0 aliphatic heterocycles. The van der Waals surface area contributed by atoms with Crippen LogP contribution in [-0.2, 0) is 6.54 Å². The van der Waals surface area contributed by atoms with Gasteiger partial charge in [-0.3, -0.25) is 4.98 Å². The zero-order valence-electron chi connectivity index (χ0n) is 11.4. The number of pyridine rings is 1. The highest BCUT2D eigenvalue weighted by Crippen LogP contribution is 2.19. The number of methoxy groups -OCH3 is 1. The fraction of sp³-hybridized carbons (Fsp3) is 0.400. The molecule has 1 N–H and O–H groups in total. The normalized spacial score (nSPS) is 11.8. The lowest BCUT2D eigenvalue weighted by atomic mass is 10.1. The molecule has 0 aliphatic rings. The van der Waals surface area contributed by atoms with Gasteiger partial charge in [0.05, 0.1) is 18.3 Å². The van der Waals surface area contributed by atoms with Gasteiger partial charge in [-0.25, -0.2) is 0 Å². The molecular weight excluding hydrogens is 224 g/mol. The molecule has 0 saturated heterocycles. The molecule has 0 spiro atoms. The van der Waals surface area contributed by atoms with Gasteiger partial charge in [0.15, 0.2) is 0 Å². The lowest BCUT2D eigenvalue weighted by Crippen LogP contribution is -2.35. The highest BCUT2D eigenvalue weighted by atomic mass is 16.5. The van der Waals surface area contributed by atoms with Gasteiger partial charge >= 0.3 is 0 Å². The number of fused-ring (bicyclic) bond motifs is 1. The standard InChI is InChI=1S/C15H20N2O/c1-15(2,3)16-10-12-6-5-11-9-13(18-4)7-8-14(11)17-12/h5-9,16H,10H2,1-4H3. The van der Waals surface area contributed by atoms with Gasteiger partial charge in [-0.05, 0) is 45.0 Å². The average Bonchev–Trinajstić information content (AvgIpc) is 2.34. The van der Waals surface area contributed by atoms with E-state index in [1.54, 1.807) is 7.11 Å². The number of ether oxygens (including phenoxy) is 1. The first-order chi connectivity index (χ1) is 8.48. The van der Waals surface area contributed by atoms with Crippen molar-refractivity contribution in [2.45, 2.75) is 32.9 Å². The van der Waals surface area contributed by atoms with E-state index in [1.165, 1.54) is 0 Å². The minimum absolute atomic E-state index is 0.108. The monoisotopic (exact) mass is 244 g/mol. The first-order valence-corrected chi connectivity index (χ1v) is 6.17. The van der Waals surface area contributed by atoms with E-state index in [9.17, 15) is 0 Å². The van der Waals surface area contributed by atoms with Crippen molar-refractivity contribution in [1.29, 1.82) is 0 Å². The predicted octanol–water partition coefficient (Wildman–Crippen LogP) is 3.13. The van der Waals surface area contributed by atoms with Crippen molar-refractivity contribution in [1.82, 2.24) is 10.3 Å².